The van der Waals surface area contributed by atoms with Crippen LogP contribution in [0.25, 0.3) is 0 Å². The number of aliphatic hydroxyl groups is 1. The molecule has 0 radical (unpaired) electrons. The summed E-state index contributed by atoms with van der Waals surface area (Å²) < 4.78 is 4.82. The van der Waals surface area contributed by atoms with Crippen molar-refractivity contribution in [2.45, 2.75) is 45.4 Å². The molecule has 0 fully saturated rings. The molecule has 3 heteroatoms. The quantitative estimate of drug-likeness (QED) is 0.364. The van der Waals surface area contributed by atoms with Gasteiger partial charge in [-0.05, 0) is 25.7 Å². The van der Waals surface area contributed by atoms with Gasteiger partial charge in [0.25, 0.3) is 0 Å². The Balaban J connectivity index is 3.01. The highest BCUT2D eigenvalue weighted by atomic mass is 16.5. The second-order valence-corrected chi connectivity index (χ2v) is 3.53. The van der Waals surface area contributed by atoms with Crippen molar-refractivity contribution in [3.05, 3.63) is 12.2 Å². The summed E-state index contributed by atoms with van der Waals surface area (Å²) in [5.41, 5.74) is 0. The van der Waals surface area contributed by atoms with Crippen molar-refractivity contribution in [2.24, 2.45) is 0 Å². The molecule has 0 rings (SSSR count). The maximum Gasteiger partial charge on any atom is 0.302 e. The summed E-state index contributed by atoms with van der Waals surface area (Å²) >= 11 is 0. The monoisotopic (exact) mass is 214 g/mol. The molecular weight excluding hydrogens is 192 g/mol. The number of unbranched alkanes of at least 4 members (excludes halogenated alkanes) is 4. The third-order valence-corrected chi connectivity index (χ3v) is 2.03. The van der Waals surface area contributed by atoms with Crippen LogP contribution in [0.1, 0.15) is 45.4 Å². The Morgan fingerprint density at radius 1 is 1.13 bits per heavy atom. The molecule has 0 aliphatic rings. The zero-order valence-corrected chi connectivity index (χ0v) is 9.58. The number of carbonyl (C=O) groups is 1. The molecule has 0 aliphatic carbocycles. The first kappa shape index (κ1) is 14.2. The molecular formula is C12H22O3. The molecule has 0 saturated carbocycles. The van der Waals surface area contributed by atoms with Crippen LogP contribution in [0.15, 0.2) is 12.2 Å². The van der Waals surface area contributed by atoms with E-state index in [2.05, 4.69) is 6.08 Å². The van der Waals surface area contributed by atoms with E-state index in [9.17, 15) is 4.79 Å². The minimum atomic E-state index is -0.193. The fourth-order valence-corrected chi connectivity index (χ4v) is 1.24. The van der Waals surface area contributed by atoms with Crippen LogP contribution >= 0.6 is 0 Å². The molecule has 0 amide bonds. The number of hydrogen-bond acceptors (Lipinski definition) is 3. The van der Waals surface area contributed by atoms with Gasteiger partial charge in [0.1, 0.15) is 0 Å². The average Bonchev–Trinajstić information content (AvgIpc) is 2.20. The average molecular weight is 214 g/mol. The molecule has 0 atom stereocenters. The highest BCUT2D eigenvalue weighted by molar-refractivity contribution is 5.65. The van der Waals surface area contributed by atoms with Gasteiger partial charge in [-0.15, -0.1) is 0 Å². The van der Waals surface area contributed by atoms with Crippen LogP contribution in [0.5, 0.6) is 0 Å². The molecule has 1 N–H and O–H groups in total. The highest BCUT2D eigenvalue weighted by Crippen LogP contribution is 2.04. The van der Waals surface area contributed by atoms with Gasteiger partial charge < -0.3 is 9.84 Å². The molecule has 0 spiro atoms. The van der Waals surface area contributed by atoms with Gasteiger partial charge in [0, 0.05) is 13.5 Å². The summed E-state index contributed by atoms with van der Waals surface area (Å²) in [6.45, 7) is 2.22. The Morgan fingerprint density at radius 2 is 1.80 bits per heavy atom. The molecule has 0 aliphatic heterocycles. The zero-order valence-electron chi connectivity index (χ0n) is 9.58. The van der Waals surface area contributed by atoms with E-state index in [0.29, 0.717) is 6.61 Å². The van der Waals surface area contributed by atoms with E-state index < -0.39 is 0 Å². The van der Waals surface area contributed by atoms with E-state index in [0.717, 1.165) is 25.7 Å². The number of aliphatic hydroxyl groups excluding tert-OH is 1. The van der Waals surface area contributed by atoms with Crippen LogP contribution < -0.4 is 0 Å². The number of carbonyl (C=O) groups excluding carboxylic acids is 1. The third-order valence-electron chi connectivity index (χ3n) is 2.03. The van der Waals surface area contributed by atoms with Gasteiger partial charge >= 0.3 is 5.97 Å². The minimum absolute atomic E-state index is 0.193. The summed E-state index contributed by atoms with van der Waals surface area (Å²) in [6, 6.07) is 0. The summed E-state index contributed by atoms with van der Waals surface area (Å²) in [5, 5.41) is 8.52. The molecule has 0 saturated heterocycles. The van der Waals surface area contributed by atoms with Crippen LogP contribution in [0.2, 0.25) is 0 Å². The lowest BCUT2D eigenvalue weighted by Gasteiger charge is -2.00. The fourth-order valence-electron chi connectivity index (χ4n) is 1.24. The second kappa shape index (κ2) is 11.2. The summed E-state index contributed by atoms with van der Waals surface area (Å²) in [6.07, 6.45) is 10.4. The van der Waals surface area contributed by atoms with E-state index in [4.69, 9.17) is 9.84 Å². The fraction of sp³-hybridized carbons (Fsp3) is 0.750. The zero-order chi connectivity index (χ0) is 11.4. The van der Waals surface area contributed by atoms with E-state index in [1.54, 1.807) is 0 Å². The first-order valence-electron chi connectivity index (χ1n) is 5.66. The van der Waals surface area contributed by atoms with Crippen LogP contribution in [-0.4, -0.2) is 24.3 Å². The summed E-state index contributed by atoms with van der Waals surface area (Å²) in [5.74, 6) is -0.193. The highest BCUT2D eigenvalue weighted by Gasteiger charge is 1.92. The van der Waals surface area contributed by atoms with Gasteiger partial charge in [0.15, 0.2) is 0 Å². The van der Waals surface area contributed by atoms with Gasteiger partial charge in [-0.1, -0.05) is 25.0 Å². The Labute approximate surface area is 92.1 Å². The van der Waals surface area contributed by atoms with E-state index >= 15 is 0 Å². The van der Waals surface area contributed by atoms with Crippen molar-refractivity contribution in [1.29, 1.82) is 0 Å². The van der Waals surface area contributed by atoms with Gasteiger partial charge in [-0.2, -0.15) is 0 Å². The molecule has 0 bridgehead atoms. The molecule has 88 valence electrons. The third kappa shape index (κ3) is 13.2. The van der Waals surface area contributed by atoms with E-state index in [1.807, 2.05) is 6.08 Å². The van der Waals surface area contributed by atoms with Gasteiger partial charge in [0.2, 0.25) is 0 Å². The predicted molar refractivity (Wildman–Crippen MR) is 60.6 cm³/mol. The number of rotatable bonds is 9. The Morgan fingerprint density at radius 3 is 2.47 bits per heavy atom. The Bertz CT molecular complexity index is 176. The number of allylic oxidation sites excluding steroid dienone is 1. The molecule has 0 aromatic heterocycles. The topological polar surface area (TPSA) is 46.5 Å². The normalized spacial score (nSPS) is 10.8. The number of hydrogen-bond donors (Lipinski definition) is 1. The molecule has 0 aromatic carbocycles. The Kier molecular flexibility index (Phi) is 10.6. The summed E-state index contributed by atoms with van der Waals surface area (Å²) in [7, 11) is 0. The van der Waals surface area contributed by atoms with E-state index in [1.165, 1.54) is 19.8 Å². The number of esters is 1. The smallest absolute Gasteiger partial charge is 0.302 e. The van der Waals surface area contributed by atoms with Crippen LogP contribution in [-0.2, 0) is 9.53 Å². The number of ether oxygens (including phenoxy) is 1. The lowest BCUT2D eigenvalue weighted by atomic mass is 10.1. The molecule has 15 heavy (non-hydrogen) atoms. The standard InChI is InChI=1S/C12H22O3/c1-12(14)15-11-9-7-5-3-2-4-6-8-10-13/h4,6,13H,2-3,5,7-11H2,1H3/b6-4+. The van der Waals surface area contributed by atoms with Gasteiger partial charge in [-0.25, -0.2) is 0 Å². The van der Waals surface area contributed by atoms with E-state index in [-0.39, 0.29) is 12.6 Å². The molecule has 3 nitrogen and oxygen atoms in total. The molecule has 0 aromatic rings. The Hall–Kier alpha value is -0.830. The molecule has 0 unspecified atom stereocenters. The minimum Gasteiger partial charge on any atom is -0.466 e. The first-order chi connectivity index (χ1) is 7.27. The summed E-state index contributed by atoms with van der Waals surface area (Å²) in [4.78, 5) is 10.4. The molecule has 0 heterocycles. The van der Waals surface area contributed by atoms with Crippen molar-refractivity contribution in [1.82, 2.24) is 0 Å². The van der Waals surface area contributed by atoms with Crippen molar-refractivity contribution < 1.29 is 14.6 Å². The van der Waals surface area contributed by atoms with Crippen molar-refractivity contribution in [2.75, 3.05) is 13.2 Å². The SMILES string of the molecule is CC(=O)OCCCCCC/C=C/CCO. The van der Waals surface area contributed by atoms with Crippen LogP contribution in [0, 0.1) is 0 Å². The van der Waals surface area contributed by atoms with Crippen LogP contribution in [0.4, 0.5) is 0 Å². The van der Waals surface area contributed by atoms with Gasteiger partial charge in [-0.3, -0.25) is 4.79 Å². The van der Waals surface area contributed by atoms with Gasteiger partial charge in [0.05, 0.1) is 6.61 Å². The lowest BCUT2D eigenvalue weighted by Crippen LogP contribution is -1.99. The second-order valence-electron chi connectivity index (χ2n) is 3.53. The maximum atomic E-state index is 10.4. The largest absolute Gasteiger partial charge is 0.466 e. The first-order valence-corrected chi connectivity index (χ1v) is 5.66. The van der Waals surface area contributed by atoms with Crippen LogP contribution in [0.3, 0.4) is 0 Å². The van der Waals surface area contributed by atoms with Crippen molar-refractivity contribution in [3.8, 4) is 0 Å². The van der Waals surface area contributed by atoms with Crippen molar-refractivity contribution in [3.63, 3.8) is 0 Å². The van der Waals surface area contributed by atoms with Crippen molar-refractivity contribution >= 4 is 5.97 Å². The lowest BCUT2D eigenvalue weighted by molar-refractivity contribution is -0.141. The maximum absolute atomic E-state index is 10.4. The predicted octanol–water partition coefficient (Wildman–Crippen LogP) is 2.44.